The van der Waals surface area contributed by atoms with E-state index in [1.54, 1.807) is 4.68 Å². The van der Waals surface area contributed by atoms with E-state index in [2.05, 4.69) is 24.3 Å². The van der Waals surface area contributed by atoms with Crippen LogP contribution in [-0.2, 0) is 19.9 Å². The van der Waals surface area contributed by atoms with Crippen LogP contribution in [-0.4, -0.2) is 27.3 Å². The first-order valence-electron chi connectivity index (χ1n) is 7.97. The van der Waals surface area contributed by atoms with Crippen LogP contribution >= 0.6 is 0 Å². The third-order valence-electron chi connectivity index (χ3n) is 3.64. The molecule has 21 heavy (non-hydrogen) atoms. The first-order valence-corrected chi connectivity index (χ1v) is 7.97. The summed E-state index contributed by atoms with van der Waals surface area (Å²) in [5, 5.41) is 19.3. The fourth-order valence-electron chi connectivity index (χ4n) is 2.66. The first-order chi connectivity index (χ1) is 10.0. The molecule has 0 saturated heterocycles. The molecule has 1 N–H and O–H groups in total. The molecule has 1 rings (SSSR count). The highest BCUT2D eigenvalue weighted by atomic mass is 16.6. The average molecular weight is 296 g/mol. The fraction of sp³-hybridized carbons (Fsp3) is 0.800. The zero-order valence-electron chi connectivity index (χ0n) is 13.7. The summed E-state index contributed by atoms with van der Waals surface area (Å²) in [5.41, 5.74) is 1.58. The Hall–Kier alpha value is -1.43. The van der Waals surface area contributed by atoms with Crippen LogP contribution in [0.1, 0.15) is 57.8 Å². The maximum absolute atomic E-state index is 11.4. The van der Waals surface area contributed by atoms with Gasteiger partial charge < -0.3 is 5.32 Å². The van der Waals surface area contributed by atoms with Crippen molar-refractivity contribution < 1.29 is 4.92 Å². The second-order valence-electron chi connectivity index (χ2n) is 5.52. The Morgan fingerprint density at radius 3 is 2.52 bits per heavy atom. The van der Waals surface area contributed by atoms with E-state index in [-0.39, 0.29) is 16.7 Å². The summed E-state index contributed by atoms with van der Waals surface area (Å²) in [4.78, 5) is 11.1. The molecule has 0 fully saturated rings. The van der Waals surface area contributed by atoms with Gasteiger partial charge >= 0.3 is 5.69 Å². The van der Waals surface area contributed by atoms with Gasteiger partial charge in [0.1, 0.15) is 11.4 Å². The molecule has 0 saturated carbocycles. The van der Waals surface area contributed by atoms with E-state index in [1.165, 1.54) is 0 Å². The van der Waals surface area contributed by atoms with Crippen LogP contribution in [0.5, 0.6) is 0 Å². The van der Waals surface area contributed by atoms with Crippen molar-refractivity contribution in [1.82, 2.24) is 15.1 Å². The number of hydrogen-bond donors (Lipinski definition) is 1. The largest absolute Gasteiger partial charge is 0.314 e. The summed E-state index contributed by atoms with van der Waals surface area (Å²) >= 11 is 0. The van der Waals surface area contributed by atoms with Gasteiger partial charge in [-0.1, -0.05) is 33.6 Å². The van der Waals surface area contributed by atoms with Crippen molar-refractivity contribution in [3.63, 3.8) is 0 Å². The van der Waals surface area contributed by atoms with Gasteiger partial charge in [-0.25, -0.2) is 0 Å². The molecule has 1 aromatic rings. The topological polar surface area (TPSA) is 73.0 Å². The van der Waals surface area contributed by atoms with Gasteiger partial charge in [-0.3, -0.25) is 14.8 Å². The summed E-state index contributed by atoms with van der Waals surface area (Å²) in [6, 6.07) is 0.276. The van der Waals surface area contributed by atoms with Gasteiger partial charge in [0, 0.05) is 19.5 Å². The lowest BCUT2D eigenvalue weighted by Gasteiger charge is -2.17. The number of nitrogens with zero attached hydrogens (tertiary/aromatic N) is 3. The summed E-state index contributed by atoms with van der Waals surface area (Å²) in [7, 11) is 1.81. The van der Waals surface area contributed by atoms with Crippen molar-refractivity contribution in [3.05, 3.63) is 21.5 Å². The number of aryl methyl sites for hydroxylation is 2. The standard InChI is InChI=1S/C15H28N4O2/c1-5-8-12(16-10-7-3)11-14-15(19(20)21)13(9-6-2)17-18(14)4/h12,16H,5-11H2,1-4H3. The molecule has 1 unspecified atom stereocenters. The SMILES string of the molecule is CCCNC(CCC)Cc1c([N+](=O)[O-])c(CCC)nn1C. The lowest BCUT2D eigenvalue weighted by Crippen LogP contribution is -2.32. The molecule has 0 radical (unpaired) electrons. The Balaban J connectivity index is 3.00. The van der Waals surface area contributed by atoms with Crippen LogP contribution in [0, 0.1) is 10.1 Å². The van der Waals surface area contributed by atoms with E-state index in [9.17, 15) is 10.1 Å². The maximum atomic E-state index is 11.4. The Bertz CT molecular complexity index is 457. The molecule has 1 heterocycles. The Morgan fingerprint density at radius 1 is 1.29 bits per heavy atom. The van der Waals surface area contributed by atoms with Crippen molar-refractivity contribution in [2.75, 3.05) is 6.54 Å². The lowest BCUT2D eigenvalue weighted by atomic mass is 10.0. The lowest BCUT2D eigenvalue weighted by molar-refractivity contribution is -0.386. The highest BCUT2D eigenvalue weighted by Gasteiger charge is 2.27. The summed E-state index contributed by atoms with van der Waals surface area (Å²) in [6.45, 7) is 7.22. The monoisotopic (exact) mass is 296 g/mol. The van der Waals surface area contributed by atoms with Crippen LogP contribution in [0.2, 0.25) is 0 Å². The molecule has 0 aliphatic carbocycles. The molecule has 6 nitrogen and oxygen atoms in total. The zero-order chi connectivity index (χ0) is 15.8. The van der Waals surface area contributed by atoms with Crippen LogP contribution in [0.4, 0.5) is 5.69 Å². The van der Waals surface area contributed by atoms with Gasteiger partial charge in [0.2, 0.25) is 0 Å². The number of hydrogen-bond acceptors (Lipinski definition) is 4. The average Bonchev–Trinajstić information content (AvgIpc) is 2.73. The van der Waals surface area contributed by atoms with Crippen LogP contribution in [0.3, 0.4) is 0 Å². The van der Waals surface area contributed by atoms with Crippen molar-refractivity contribution >= 4 is 5.69 Å². The second-order valence-corrected chi connectivity index (χ2v) is 5.52. The summed E-state index contributed by atoms with van der Waals surface area (Å²) in [5.74, 6) is 0. The first kappa shape index (κ1) is 17.6. The molecule has 1 atom stereocenters. The van der Waals surface area contributed by atoms with E-state index in [0.29, 0.717) is 18.5 Å². The molecule has 6 heteroatoms. The minimum absolute atomic E-state index is 0.221. The van der Waals surface area contributed by atoms with Gasteiger partial charge in [0.05, 0.1) is 4.92 Å². The Labute approximate surface area is 127 Å². The molecule has 0 aromatic carbocycles. The zero-order valence-corrected chi connectivity index (χ0v) is 13.7. The third kappa shape index (κ3) is 4.81. The maximum Gasteiger partial charge on any atom is 0.313 e. The number of nitro groups is 1. The van der Waals surface area contributed by atoms with E-state index >= 15 is 0 Å². The van der Waals surface area contributed by atoms with E-state index in [0.717, 1.165) is 37.9 Å². The molecule has 0 bridgehead atoms. The molecular formula is C15H28N4O2. The number of aromatic nitrogens is 2. The minimum atomic E-state index is -0.268. The molecule has 0 amide bonds. The number of rotatable bonds is 10. The van der Waals surface area contributed by atoms with Gasteiger partial charge in [-0.15, -0.1) is 0 Å². The van der Waals surface area contributed by atoms with Gasteiger partial charge in [0.25, 0.3) is 0 Å². The van der Waals surface area contributed by atoms with Crippen molar-refractivity contribution in [2.45, 2.75) is 65.3 Å². The van der Waals surface area contributed by atoms with Gasteiger partial charge in [-0.2, -0.15) is 5.10 Å². The Kier molecular flexibility index (Phi) is 7.36. The second kappa shape index (κ2) is 8.77. The third-order valence-corrected chi connectivity index (χ3v) is 3.64. The van der Waals surface area contributed by atoms with E-state index in [4.69, 9.17) is 0 Å². The smallest absolute Gasteiger partial charge is 0.313 e. The van der Waals surface area contributed by atoms with Crippen LogP contribution in [0.25, 0.3) is 0 Å². The summed E-state index contributed by atoms with van der Waals surface area (Å²) < 4.78 is 1.69. The quantitative estimate of drug-likeness (QED) is 0.532. The summed E-state index contributed by atoms with van der Waals surface area (Å²) in [6.07, 6.45) is 5.33. The molecule has 1 aromatic heterocycles. The molecular weight excluding hydrogens is 268 g/mol. The van der Waals surface area contributed by atoms with Crippen LogP contribution < -0.4 is 5.32 Å². The molecule has 0 aliphatic rings. The van der Waals surface area contributed by atoms with E-state index < -0.39 is 0 Å². The van der Waals surface area contributed by atoms with E-state index in [1.807, 2.05) is 14.0 Å². The highest BCUT2D eigenvalue weighted by molar-refractivity contribution is 5.42. The van der Waals surface area contributed by atoms with Crippen molar-refractivity contribution in [1.29, 1.82) is 0 Å². The van der Waals surface area contributed by atoms with Crippen molar-refractivity contribution in [3.8, 4) is 0 Å². The highest BCUT2D eigenvalue weighted by Crippen LogP contribution is 2.26. The minimum Gasteiger partial charge on any atom is -0.314 e. The predicted molar refractivity (Wildman–Crippen MR) is 84.6 cm³/mol. The fourth-order valence-corrected chi connectivity index (χ4v) is 2.66. The van der Waals surface area contributed by atoms with Crippen LogP contribution in [0.15, 0.2) is 0 Å². The molecule has 0 spiro atoms. The molecule has 0 aliphatic heterocycles. The van der Waals surface area contributed by atoms with Gasteiger partial charge in [-0.05, 0) is 25.8 Å². The Morgan fingerprint density at radius 2 is 2.00 bits per heavy atom. The van der Waals surface area contributed by atoms with Gasteiger partial charge in [0.15, 0.2) is 0 Å². The van der Waals surface area contributed by atoms with Crippen molar-refractivity contribution in [2.24, 2.45) is 7.05 Å². The number of nitrogens with one attached hydrogen (secondary N) is 1. The predicted octanol–water partition coefficient (Wildman–Crippen LogP) is 2.99. The normalized spacial score (nSPS) is 12.6. The molecule has 120 valence electrons.